The molecular weight excluding hydrogens is 222 g/mol. The summed E-state index contributed by atoms with van der Waals surface area (Å²) in [5.41, 5.74) is 0.782. The van der Waals surface area contributed by atoms with Gasteiger partial charge >= 0.3 is 6.01 Å². The second kappa shape index (κ2) is 5.44. The van der Waals surface area contributed by atoms with Gasteiger partial charge in [0.1, 0.15) is 12.0 Å². The maximum atomic E-state index is 5.44. The zero-order valence-corrected chi connectivity index (χ0v) is 9.80. The Kier molecular flexibility index (Phi) is 3.71. The van der Waals surface area contributed by atoms with Crippen LogP contribution in [0.2, 0.25) is 0 Å². The molecule has 17 heavy (non-hydrogen) atoms. The summed E-state index contributed by atoms with van der Waals surface area (Å²) in [4.78, 5) is 0. The van der Waals surface area contributed by atoms with E-state index in [1.807, 2.05) is 13.8 Å². The highest BCUT2D eigenvalue weighted by Gasteiger charge is 2.12. The molecule has 0 fully saturated rings. The van der Waals surface area contributed by atoms with E-state index >= 15 is 0 Å². The summed E-state index contributed by atoms with van der Waals surface area (Å²) in [6.45, 7) is 5.34. The molecule has 1 unspecified atom stereocenters. The average Bonchev–Trinajstić information content (AvgIpc) is 2.98. The normalized spacial score (nSPS) is 12.6. The Morgan fingerprint density at radius 1 is 1.41 bits per heavy atom. The molecule has 2 aromatic heterocycles. The van der Waals surface area contributed by atoms with Crippen LogP contribution in [0.15, 0.2) is 21.3 Å². The van der Waals surface area contributed by atoms with Crippen LogP contribution in [0.3, 0.4) is 0 Å². The standard InChI is InChI=1S/C10H15N5O2/c1-3-11-7(2)9-13-14-10(17-9)12-6-8-4-5-16-15-8/h4-5,7,11H,3,6H2,1-2H3,(H,12,14). The van der Waals surface area contributed by atoms with Crippen LogP contribution in [-0.2, 0) is 6.54 Å². The summed E-state index contributed by atoms with van der Waals surface area (Å²) in [6, 6.07) is 2.20. The Bertz CT molecular complexity index is 439. The van der Waals surface area contributed by atoms with Crippen molar-refractivity contribution in [2.75, 3.05) is 11.9 Å². The molecule has 0 saturated carbocycles. The molecule has 0 spiro atoms. The molecule has 2 N–H and O–H groups in total. The predicted octanol–water partition coefficient (Wildman–Crippen LogP) is 1.34. The first-order chi connectivity index (χ1) is 8.29. The largest absolute Gasteiger partial charge is 0.406 e. The number of aromatic nitrogens is 3. The topological polar surface area (TPSA) is 89.0 Å². The van der Waals surface area contributed by atoms with Crippen LogP contribution in [0.25, 0.3) is 0 Å². The molecule has 7 heteroatoms. The second-order valence-corrected chi connectivity index (χ2v) is 3.57. The van der Waals surface area contributed by atoms with Crippen molar-refractivity contribution in [2.24, 2.45) is 0 Å². The third kappa shape index (κ3) is 3.04. The fourth-order valence-corrected chi connectivity index (χ4v) is 1.37. The van der Waals surface area contributed by atoms with E-state index in [0.717, 1.165) is 12.2 Å². The quantitative estimate of drug-likeness (QED) is 0.783. The predicted molar refractivity (Wildman–Crippen MR) is 60.2 cm³/mol. The van der Waals surface area contributed by atoms with Gasteiger partial charge in [-0.15, -0.1) is 5.10 Å². The van der Waals surface area contributed by atoms with Crippen molar-refractivity contribution in [3.63, 3.8) is 0 Å². The molecule has 0 saturated heterocycles. The smallest absolute Gasteiger partial charge is 0.315 e. The van der Waals surface area contributed by atoms with Crippen LogP contribution >= 0.6 is 0 Å². The molecule has 1 atom stereocenters. The molecule has 0 aliphatic heterocycles. The first kappa shape index (κ1) is 11.6. The van der Waals surface area contributed by atoms with Gasteiger partial charge in [0.05, 0.1) is 12.6 Å². The highest BCUT2D eigenvalue weighted by molar-refractivity contribution is 5.19. The van der Waals surface area contributed by atoms with Crippen molar-refractivity contribution < 1.29 is 8.94 Å². The van der Waals surface area contributed by atoms with Gasteiger partial charge in [-0.3, -0.25) is 0 Å². The van der Waals surface area contributed by atoms with Gasteiger partial charge in [-0.2, -0.15) is 0 Å². The molecule has 2 heterocycles. The van der Waals surface area contributed by atoms with Gasteiger partial charge < -0.3 is 19.6 Å². The monoisotopic (exact) mass is 237 g/mol. The van der Waals surface area contributed by atoms with Crippen molar-refractivity contribution in [1.82, 2.24) is 20.7 Å². The fourth-order valence-electron chi connectivity index (χ4n) is 1.37. The Labute approximate surface area is 98.6 Å². The average molecular weight is 237 g/mol. The number of anilines is 1. The van der Waals surface area contributed by atoms with Crippen molar-refractivity contribution in [1.29, 1.82) is 0 Å². The molecule has 0 aliphatic rings. The van der Waals surface area contributed by atoms with E-state index < -0.39 is 0 Å². The SMILES string of the molecule is CCNC(C)c1nnc(NCc2ccon2)o1. The summed E-state index contributed by atoms with van der Waals surface area (Å²) in [7, 11) is 0. The highest BCUT2D eigenvalue weighted by atomic mass is 16.5. The molecule has 2 aromatic rings. The van der Waals surface area contributed by atoms with Gasteiger partial charge in [-0.1, -0.05) is 17.2 Å². The van der Waals surface area contributed by atoms with Gasteiger partial charge in [0.15, 0.2) is 0 Å². The van der Waals surface area contributed by atoms with Crippen LogP contribution < -0.4 is 10.6 Å². The van der Waals surface area contributed by atoms with Crippen molar-refractivity contribution in [2.45, 2.75) is 26.4 Å². The number of nitrogens with zero attached hydrogens (tertiary/aromatic N) is 3. The van der Waals surface area contributed by atoms with Gasteiger partial charge in [0.25, 0.3) is 0 Å². The second-order valence-electron chi connectivity index (χ2n) is 3.57. The molecule has 0 amide bonds. The van der Waals surface area contributed by atoms with E-state index in [4.69, 9.17) is 8.94 Å². The van der Waals surface area contributed by atoms with Gasteiger partial charge in [-0.25, -0.2) is 0 Å². The lowest BCUT2D eigenvalue weighted by Gasteiger charge is -2.05. The van der Waals surface area contributed by atoms with Crippen molar-refractivity contribution >= 4 is 6.01 Å². The maximum Gasteiger partial charge on any atom is 0.315 e. The molecule has 7 nitrogen and oxygen atoms in total. The summed E-state index contributed by atoms with van der Waals surface area (Å²) in [5.74, 6) is 0.564. The van der Waals surface area contributed by atoms with E-state index in [1.54, 1.807) is 6.07 Å². The summed E-state index contributed by atoms with van der Waals surface area (Å²) in [6.07, 6.45) is 1.52. The first-order valence-corrected chi connectivity index (χ1v) is 5.49. The zero-order chi connectivity index (χ0) is 12.1. The number of rotatable bonds is 6. The van der Waals surface area contributed by atoms with Gasteiger partial charge in [0.2, 0.25) is 5.89 Å². The van der Waals surface area contributed by atoms with Crippen LogP contribution in [0, 0.1) is 0 Å². The minimum atomic E-state index is 0.0510. The van der Waals surface area contributed by atoms with E-state index in [-0.39, 0.29) is 6.04 Å². The van der Waals surface area contributed by atoms with Gasteiger partial charge in [0, 0.05) is 6.07 Å². The van der Waals surface area contributed by atoms with Crippen molar-refractivity contribution in [3.8, 4) is 0 Å². The van der Waals surface area contributed by atoms with E-state index in [1.165, 1.54) is 6.26 Å². The molecule has 0 aromatic carbocycles. The van der Waals surface area contributed by atoms with E-state index in [0.29, 0.717) is 18.5 Å². The molecule has 0 bridgehead atoms. The van der Waals surface area contributed by atoms with E-state index in [2.05, 4.69) is 26.0 Å². The molecule has 0 radical (unpaired) electrons. The summed E-state index contributed by atoms with van der Waals surface area (Å²) >= 11 is 0. The Balaban J connectivity index is 1.89. The molecular formula is C10H15N5O2. The number of hydrogen-bond acceptors (Lipinski definition) is 7. The Morgan fingerprint density at radius 2 is 2.29 bits per heavy atom. The summed E-state index contributed by atoms with van der Waals surface area (Å²) < 4.78 is 10.2. The van der Waals surface area contributed by atoms with Crippen molar-refractivity contribution in [3.05, 3.63) is 23.9 Å². The zero-order valence-electron chi connectivity index (χ0n) is 9.80. The number of nitrogens with one attached hydrogen (secondary N) is 2. The third-order valence-corrected chi connectivity index (χ3v) is 2.23. The molecule has 92 valence electrons. The maximum absolute atomic E-state index is 5.44. The van der Waals surface area contributed by atoms with Crippen LogP contribution in [0.1, 0.15) is 31.5 Å². The first-order valence-electron chi connectivity index (χ1n) is 5.49. The number of hydrogen-bond donors (Lipinski definition) is 2. The molecule has 2 rings (SSSR count). The third-order valence-electron chi connectivity index (χ3n) is 2.23. The van der Waals surface area contributed by atoms with Crippen LogP contribution in [-0.4, -0.2) is 21.9 Å². The Morgan fingerprint density at radius 3 is 3.00 bits per heavy atom. The lowest BCUT2D eigenvalue weighted by molar-refractivity contribution is 0.411. The minimum absolute atomic E-state index is 0.0510. The lowest BCUT2D eigenvalue weighted by Crippen LogP contribution is -2.17. The van der Waals surface area contributed by atoms with E-state index in [9.17, 15) is 0 Å². The van der Waals surface area contributed by atoms with Crippen LogP contribution in [0.5, 0.6) is 0 Å². The Hall–Kier alpha value is -1.89. The van der Waals surface area contributed by atoms with Crippen LogP contribution in [0.4, 0.5) is 6.01 Å². The highest BCUT2D eigenvalue weighted by Crippen LogP contribution is 2.13. The lowest BCUT2D eigenvalue weighted by atomic mass is 10.3. The molecule has 0 aliphatic carbocycles. The van der Waals surface area contributed by atoms with Gasteiger partial charge in [-0.05, 0) is 13.5 Å². The minimum Gasteiger partial charge on any atom is -0.406 e. The summed E-state index contributed by atoms with van der Waals surface area (Å²) in [5, 5.41) is 17.8. The fraction of sp³-hybridized carbons (Fsp3) is 0.500.